The first-order chi connectivity index (χ1) is 6.18. The predicted octanol–water partition coefficient (Wildman–Crippen LogP) is 3.18. The molecule has 0 atom stereocenters. The molecule has 0 N–H and O–H groups in total. The fourth-order valence-electron chi connectivity index (χ4n) is 1.23. The quantitative estimate of drug-likeness (QED) is 0.729. The van der Waals surface area contributed by atoms with E-state index in [1.54, 1.807) is 12.1 Å². The van der Waals surface area contributed by atoms with E-state index in [-0.39, 0.29) is 17.5 Å². The van der Waals surface area contributed by atoms with E-state index in [9.17, 15) is 9.18 Å². The van der Waals surface area contributed by atoms with E-state index in [4.69, 9.17) is 0 Å². The molecule has 2 rings (SSSR count). The summed E-state index contributed by atoms with van der Waals surface area (Å²) in [4.78, 5) is 11.5. The summed E-state index contributed by atoms with van der Waals surface area (Å²) in [7, 11) is 0. The van der Waals surface area contributed by atoms with Gasteiger partial charge in [-0.2, -0.15) is 0 Å². The van der Waals surface area contributed by atoms with Gasteiger partial charge in [0, 0.05) is 11.5 Å². The van der Waals surface area contributed by atoms with E-state index >= 15 is 0 Å². The van der Waals surface area contributed by atoms with Gasteiger partial charge in [0.25, 0.3) is 0 Å². The second-order valence-corrected chi connectivity index (χ2v) is 4.12. The van der Waals surface area contributed by atoms with E-state index in [1.807, 2.05) is 0 Å². The summed E-state index contributed by atoms with van der Waals surface area (Å²) in [6.45, 7) is 0. The molecule has 1 nitrogen and oxygen atoms in total. The van der Waals surface area contributed by atoms with Gasteiger partial charge in [-0.15, -0.1) is 0 Å². The maximum absolute atomic E-state index is 12.8. The minimum absolute atomic E-state index is 0.140. The van der Waals surface area contributed by atoms with Gasteiger partial charge in [0.15, 0.2) is 5.78 Å². The molecule has 0 bridgehead atoms. The molecule has 0 aliphatic heterocycles. The molecule has 0 spiro atoms. The molecule has 1 aromatic rings. The van der Waals surface area contributed by atoms with Crippen LogP contribution in [0.4, 0.5) is 4.39 Å². The summed E-state index contributed by atoms with van der Waals surface area (Å²) in [5, 5.41) is 0. The van der Waals surface area contributed by atoms with E-state index in [0.29, 0.717) is 10.0 Å². The minimum atomic E-state index is -0.327. The van der Waals surface area contributed by atoms with Gasteiger partial charge in [-0.3, -0.25) is 4.79 Å². The number of rotatable bonds is 2. The zero-order valence-corrected chi connectivity index (χ0v) is 8.47. The van der Waals surface area contributed by atoms with Crippen LogP contribution >= 0.6 is 15.9 Å². The molecule has 0 unspecified atom stereocenters. The Bertz CT molecular complexity index is 358. The lowest BCUT2D eigenvalue weighted by atomic mass is 10.1. The highest BCUT2D eigenvalue weighted by Crippen LogP contribution is 2.33. The molecular formula is C10H8BrFO. The first kappa shape index (κ1) is 8.88. The topological polar surface area (TPSA) is 17.1 Å². The van der Waals surface area contributed by atoms with Gasteiger partial charge in [0.2, 0.25) is 0 Å². The largest absolute Gasteiger partial charge is 0.294 e. The normalized spacial score (nSPS) is 15.8. The number of ketones is 1. The Morgan fingerprint density at radius 3 is 2.69 bits per heavy atom. The van der Waals surface area contributed by atoms with Crippen LogP contribution in [0, 0.1) is 11.7 Å². The van der Waals surface area contributed by atoms with Crippen LogP contribution in [0.15, 0.2) is 22.7 Å². The maximum Gasteiger partial charge on any atom is 0.165 e. The van der Waals surface area contributed by atoms with Crippen molar-refractivity contribution in [1.29, 1.82) is 0 Å². The van der Waals surface area contributed by atoms with Crippen molar-refractivity contribution in [3.63, 3.8) is 0 Å². The average molecular weight is 243 g/mol. The lowest BCUT2D eigenvalue weighted by molar-refractivity contribution is 0.0967. The third-order valence-corrected chi connectivity index (χ3v) is 2.76. The first-order valence-corrected chi connectivity index (χ1v) is 4.97. The molecular weight excluding hydrogens is 235 g/mol. The average Bonchev–Trinajstić information content (AvgIpc) is 2.91. The number of halogens is 2. The Balaban J connectivity index is 2.30. The van der Waals surface area contributed by atoms with E-state index in [2.05, 4.69) is 15.9 Å². The van der Waals surface area contributed by atoms with Gasteiger partial charge in [-0.1, -0.05) is 0 Å². The van der Waals surface area contributed by atoms with Crippen molar-refractivity contribution >= 4 is 21.7 Å². The van der Waals surface area contributed by atoms with Crippen LogP contribution in [0.2, 0.25) is 0 Å². The summed E-state index contributed by atoms with van der Waals surface area (Å²) in [5.41, 5.74) is 0.607. The van der Waals surface area contributed by atoms with Crippen LogP contribution in [0.25, 0.3) is 0 Å². The third kappa shape index (κ3) is 1.80. The molecule has 0 saturated heterocycles. The second-order valence-electron chi connectivity index (χ2n) is 3.27. The monoisotopic (exact) mass is 242 g/mol. The van der Waals surface area contributed by atoms with Gasteiger partial charge in [-0.05, 0) is 47.0 Å². The van der Waals surface area contributed by atoms with Crippen molar-refractivity contribution < 1.29 is 9.18 Å². The fourth-order valence-corrected chi connectivity index (χ4v) is 1.61. The van der Waals surface area contributed by atoms with E-state index in [0.717, 1.165) is 12.8 Å². The Morgan fingerprint density at radius 1 is 1.46 bits per heavy atom. The van der Waals surface area contributed by atoms with Crippen molar-refractivity contribution in [3.05, 3.63) is 34.1 Å². The van der Waals surface area contributed by atoms with E-state index in [1.165, 1.54) is 6.07 Å². The number of carbonyl (C=O) groups excluding carboxylic acids is 1. The number of Topliss-reactive ketones (excluding diaryl/α,β-unsaturated/α-hetero) is 1. The SMILES string of the molecule is O=C(c1ccc(F)c(Br)c1)C1CC1. The summed E-state index contributed by atoms with van der Waals surface area (Å²) < 4.78 is 13.2. The smallest absolute Gasteiger partial charge is 0.165 e. The minimum Gasteiger partial charge on any atom is -0.294 e. The van der Waals surface area contributed by atoms with Crippen molar-refractivity contribution in [1.82, 2.24) is 0 Å². The Hall–Kier alpha value is -0.700. The summed E-state index contributed by atoms with van der Waals surface area (Å²) in [5.74, 6) is 0.00501. The molecule has 0 radical (unpaired) electrons. The maximum atomic E-state index is 12.8. The van der Waals surface area contributed by atoms with Gasteiger partial charge < -0.3 is 0 Å². The van der Waals surface area contributed by atoms with Gasteiger partial charge >= 0.3 is 0 Å². The highest BCUT2D eigenvalue weighted by molar-refractivity contribution is 9.10. The van der Waals surface area contributed by atoms with Gasteiger partial charge in [-0.25, -0.2) is 4.39 Å². The van der Waals surface area contributed by atoms with Gasteiger partial charge in [0.05, 0.1) is 4.47 Å². The Kier molecular flexibility index (Phi) is 2.20. The Morgan fingerprint density at radius 2 is 2.15 bits per heavy atom. The van der Waals surface area contributed by atoms with Crippen LogP contribution in [0.1, 0.15) is 23.2 Å². The number of hydrogen-bond donors (Lipinski definition) is 0. The molecule has 0 heterocycles. The molecule has 0 amide bonds. The molecule has 1 aliphatic rings. The molecule has 0 aromatic heterocycles. The standard InChI is InChI=1S/C10H8BrFO/c11-8-5-7(3-4-9(8)12)10(13)6-1-2-6/h3-6H,1-2H2. The van der Waals surface area contributed by atoms with Crippen molar-refractivity contribution in [2.24, 2.45) is 5.92 Å². The van der Waals surface area contributed by atoms with Gasteiger partial charge in [0.1, 0.15) is 5.82 Å². The third-order valence-electron chi connectivity index (χ3n) is 2.15. The second kappa shape index (κ2) is 3.22. The summed E-state index contributed by atoms with van der Waals surface area (Å²) in [6, 6.07) is 4.41. The summed E-state index contributed by atoms with van der Waals surface area (Å²) >= 11 is 3.06. The van der Waals surface area contributed by atoms with E-state index < -0.39 is 0 Å². The molecule has 3 heteroatoms. The Labute approximate surface area is 84.1 Å². The van der Waals surface area contributed by atoms with Crippen molar-refractivity contribution in [3.8, 4) is 0 Å². The molecule has 68 valence electrons. The van der Waals surface area contributed by atoms with Crippen molar-refractivity contribution in [2.75, 3.05) is 0 Å². The number of benzene rings is 1. The highest BCUT2D eigenvalue weighted by atomic mass is 79.9. The molecule has 1 aromatic carbocycles. The first-order valence-electron chi connectivity index (χ1n) is 4.18. The number of carbonyl (C=O) groups is 1. The fraction of sp³-hybridized carbons (Fsp3) is 0.300. The highest BCUT2D eigenvalue weighted by Gasteiger charge is 2.30. The van der Waals surface area contributed by atoms with Crippen LogP contribution < -0.4 is 0 Å². The lowest BCUT2D eigenvalue weighted by Gasteiger charge is -1.99. The van der Waals surface area contributed by atoms with Crippen LogP contribution in [-0.2, 0) is 0 Å². The van der Waals surface area contributed by atoms with Crippen LogP contribution in [-0.4, -0.2) is 5.78 Å². The molecule has 1 saturated carbocycles. The molecule has 1 aliphatic carbocycles. The zero-order chi connectivity index (χ0) is 9.42. The predicted molar refractivity (Wildman–Crippen MR) is 51.2 cm³/mol. The number of hydrogen-bond acceptors (Lipinski definition) is 1. The van der Waals surface area contributed by atoms with Crippen LogP contribution in [0.5, 0.6) is 0 Å². The molecule has 13 heavy (non-hydrogen) atoms. The van der Waals surface area contributed by atoms with Crippen molar-refractivity contribution in [2.45, 2.75) is 12.8 Å². The molecule has 1 fully saturated rings. The van der Waals surface area contributed by atoms with Crippen LogP contribution in [0.3, 0.4) is 0 Å². The lowest BCUT2D eigenvalue weighted by Crippen LogP contribution is -2.01. The zero-order valence-electron chi connectivity index (χ0n) is 6.89. The summed E-state index contributed by atoms with van der Waals surface area (Å²) in [6.07, 6.45) is 1.96.